The Kier molecular flexibility index (Phi) is 3.30. The van der Waals surface area contributed by atoms with Gasteiger partial charge in [0, 0.05) is 16.2 Å². The highest BCUT2D eigenvalue weighted by Crippen LogP contribution is 2.23. The van der Waals surface area contributed by atoms with Gasteiger partial charge in [-0.1, -0.05) is 18.5 Å². The van der Waals surface area contributed by atoms with E-state index in [1.807, 2.05) is 19.1 Å². The van der Waals surface area contributed by atoms with Crippen LogP contribution in [-0.2, 0) is 6.42 Å². The van der Waals surface area contributed by atoms with Crippen molar-refractivity contribution >= 4 is 27.5 Å². The molecule has 0 saturated heterocycles. The molecule has 0 bridgehead atoms. The largest absolute Gasteiger partial charge is 0.236 e. The molecule has 0 aliphatic carbocycles. The third kappa shape index (κ3) is 1.99. The van der Waals surface area contributed by atoms with E-state index in [2.05, 4.69) is 32.9 Å². The molecule has 0 aromatic carbocycles. The number of aryl methyl sites for hydroxylation is 1. The van der Waals surface area contributed by atoms with E-state index in [1.54, 1.807) is 10.9 Å². The van der Waals surface area contributed by atoms with Gasteiger partial charge in [-0.3, -0.25) is 0 Å². The number of hydrogen-bond donors (Lipinski definition) is 0. The molecular formula is C11H11BrClN3. The fourth-order valence-corrected chi connectivity index (χ4v) is 2.21. The first-order valence-electron chi connectivity index (χ1n) is 4.99. The lowest BCUT2D eigenvalue weighted by atomic mass is 10.2. The summed E-state index contributed by atoms with van der Waals surface area (Å²) < 4.78 is 2.61. The topological polar surface area (TPSA) is 30.7 Å². The van der Waals surface area contributed by atoms with Crippen LogP contribution >= 0.6 is 27.5 Å². The summed E-state index contributed by atoms with van der Waals surface area (Å²) in [5, 5.41) is 5.04. The van der Waals surface area contributed by atoms with Crippen molar-refractivity contribution < 1.29 is 0 Å². The lowest BCUT2D eigenvalue weighted by Crippen LogP contribution is -1.99. The molecule has 0 atom stereocenters. The van der Waals surface area contributed by atoms with Crippen LogP contribution < -0.4 is 0 Å². The van der Waals surface area contributed by atoms with Gasteiger partial charge >= 0.3 is 0 Å². The first kappa shape index (κ1) is 11.6. The Labute approximate surface area is 108 Å². The standard InChI is InChI=1S/C11H11BrClN3/c1-3-9-7(2)15-16(11(9)13)10-5-4-8(12)6-14-10/h4-6H,3H2,1-2H3. The second-order valence-corrected chi connectivity index (χ2v) is 4.73. The van der Waals surface area contributed by atoms with Crippen molar-refractivity contribution in [3.05, 3.63) is 39.2 Å². The highest BCUT2D eigenvalue weighted by atomic mass is 79.9. The van der Waals surface area contributed by atoms with E-state index in [0.717, 1.165) is 28.0 Å². The molecule has 16 heavy (non-hydrogen) atoms. The van der Waals surface area contributed by atoms with Crippen LogP contribution in [0.15, 0.2) is 22.8 Å². The van der Waals surface area contributed by atoms with Crippen molar-refractivity contribution in [1.82, 2.24) is 14.8 Å². The first-order valence-corrected chi connectivity index (χ1v) is 6.16. The summed E-state index contributed by atoms with van der Waals surface area (Å²) in [6, 6.07) is 3.79. The minimum Gasteiger partial charge on any atom is -0.236 e. The summed E-state index contributed by atoms with van der Waals surface area (Å²) in [5.74, 6) is 0.732. The first-order chi connectivity index (χ1) is 7.63. The van der Waals surface area contributed by atoms with Crippen molar-refractivity contribution in [1.29, 1.82) is 0 Å². The SMILES string of the molecule is CCc1c(C)nn(-c2ccc(Br)cn2)c1Cl. The summed E-state index contributed by atoms with van der Waals surface area (Å²) >= 11 is 9.60. The fourth-order valence-electron chi connectivity index (χ4n) is 1.58. The van der Waals surface area contributed by atoms with E-state index in [4.69, 9.17) is 11.6 Å². The van der Waals surface area contributed by atoms with Crippen LogP contribution in [0.25, 0.3) is 5.82 Å². The molecule has 0 N–H and O–H groups in total. The van der Waals surface area contributed by atoms with Gasteiger partial charge in [0.25, 0.3) is 0 Å². The molecule has 0 radical (unpaired) electrons. The molecule has 3 nitrogen and oxygen atoms in total. The molecule has 0 spiro atoms. The van der Waals surface area contributed by atoms with Crippen molar-refractivity contribution in [2.75, 3.05) is 0 Å². The smallest absolute Gasteiger partial charge is 0.155 e. The minimum atomic E-state index is 0.648. The van der Waals surface area contributed by atoms with Crippen LogP contribution in [0.5, 0.6) is 0 Å². The number of pyridine rings is 1. The zero-order chi connectivity index (χ0) is 11.7. The van der Waals surface area contributed by atoms with Crippen molar-refractivity contribution in [2.45, 2.75) is 20.3 Å². The maximum Gasteiger partial charge on any atom is 0.155 e. The van der Waals surface area contributed by atoms with E-state index >= 15 is 0 Å². The molecule has 0 saturated carbocycles. The Bertz CT molecular complexity index is 505. The molecule has 2 rings (SSSR count). The van der Waals surface area contributed by atoms with Crippen molar-refractivity contribution in [3.63, 3.8) is 0 Å². The van der Waals surface area contributed by atoms with Gasteiger partial charge in [-0.05, 0) is 41.4 Å². The van der Waals surface area contributed by atoms with Gasteiger partial charge in [-0.2, -0.15) is 5.10 Å². The predicted octanol–water partition coefficient (Wildman–Crippen LogP) is 3.55. The van der Waals surface area contributed by atoms with Crippen LogP contribution in [0.2, 0.25) is 5.15 Å². The summed E-state index contributed by atoms with van der Waals surface area (Å²) in [7, 11) is 0. The highest BCUT2D eigenvalue weighted by molar-refractivity contribution is 9.10. The lowest BCUT2D eigenvalue weighted by molar-refractivity contribution is 0.832. The molecule has 0 unspecified atom stereocenters. The van der Waals surface area contributed by atoms with Gasteiger partial charge in [0.15, 0.2) is 5.82 Å². The average molecular weight is 301 g/mol. The van der Waals surface area contributed by atoms with Gasteiger partial charge < -0.3 is 0 Å². The summed E-state index contributed by atoms with van der Waals surface area (Å²) in [6.07, 6.45) is 2.61. The lowest BCUT2D eigenvalue weighted by Gasteiger charge is -2.01. The van der Waals surface area contributed by atoms with E-state index in [-0.39, 0.29) is 0 Å². The highest BCUT2D eigenvalue weighted by Gasteiger charge is 2.13. The number of halogens is 2. The molecule has 0 fully saturated rings. The maximum absolute atomic E-state index is 6.25. The molecule has 2 heterocycles. The number of hydrogen-bond acceptors (Lipinski definition) is 2. The van der Waals surface area contributed by atoms with Crippen molar-refractivity contribution in [2.24, 2.45) is 0 Å². The zero-order valence-corrected chi connectivity index (χ0v) is 11.4. The molecule has 84 valence electrons. The molecule has 0 aliphatic heterocycles. The van der Waals surface area contributed by atoms with E-state index in [1.165, 1.54) is 0 Å². The Morgan fingerprint density at radius 1 is 1.44 bits per heavy atom. The summed E-state index contributed by atoms with van der Waals surface area (Å²) in [5.41, 5.74) is 2.03. The third-order valence-electron chi connectivity index (χ3n) is 2.40. The normalized spacial score (nSPS) is 10.8. The average Bonchev–Trinajstić information content (AvgIpc) is 2.55. The Balaban J connectivity index is 2.52. The number of aromatic nitrogens is 3. The summed E-state index contributed by atoms with van der Waals surface area (Å²) in [4.78, 5) is 4.27. The molecule has 5 heteroatoms. The van der Waals surface area contributed by atoms with Crippen LogP contribution in [0.3, 0.4) is 0 Å². The van der Waals surface area contributed by atoms with Gasteiger partial charge in [0.05, 0.1) is 5.69 Å². The molecular weight excluding hydrogens is 289 g/mol. The molecule has 0 amide bonds. The fraction of sp³-hybridized carbons (Fsp3) is 0.273. The summed E-state index contributed by atoms with van der Waals surface area (Å²) in [6.45, 7) is 4.02. The van der Waals surface area contributed by atoms with Crippen molar-refractivity contribution in [3.8, 4) is 5.82 Å². The van der Waals surface area contributed by atoms with Crippen LogP contribution in [0, 0.1) is 6.92 Å². The number of rotatable bonds is 2. The Morgan fingerprint density at radius 2 is 2.19 bits per heavy atom. The van der Waals surface area contributed by atoms with Gasteiger partial charge in [-0.15, -0.1) is 0 Å². The second kappa shape index (κ2) is 4.55. The second-order valence-electron chi connectivity index (χ2n) is 3.45. The Morgan fingerprint density at radius 3 is 2.69 bits per heavy atom. The van der Waals surface area contributed by atoms with Gasteiger partial charge in [-0.25, -0.2) is 9.67 Å². The monoisotopic (exact) mass is 299 g/mol. The third-order valence-corrected chi connectivity index (χ3v) is 3.26. The quantitative estimate of drug-likeness (QED) is 0.849. The molecule has 0 aliphatic rings. The predicted molar refractivity (Wildman–Crippen MR) is 68.2 cm³/mol. The minimum absolute atomic E-state index is 0.648. The van der Waals surface area contributed by atoms with Gasteiger partial charge in [0.1, 0.15) is 5.15 Å². The number of nitrogens with zero attached hydrogens (tertiary/aromatic N) is 3. The van der Waals surface area contributed by atoms with E-state index < -0.39 is 0 Å². The zero-order valence-electron chi connectivity index (χ0n) is 9.04. The molecule has 2 aromatic heterocycles. The van der Waals surface area contributed by atoms with Crippen LogP contribution in [0.4, 0.5) is 0 Å². The van der Waals surface area contributed by atoms with E-state index in [9.17, 15) is 0 Å². The van der Waals surface area contributed by atoms with Gasteiger partial charge in [0.2, 0.25) is 0 Å². The Hall–Kier alpha value is -0.870. The molecule has 2 aromatic rings. The maximum atomic E-state index is 6.25. The van der Waals surface area contributed by atoms with Crippen LogP contribution in [0.1, 0.15) is 18.2 Å². The van der Waals surface area contributed by atoms with Crippen LogP contribution in [-0.4, -0.2) is 14.8 Å². The van der Waals surface area contributed by atoms with E-state index in [0.29, 0.717) is 5.15 Å².